The van der Waals surface area contributed by atoms with Crippen molar-refractivity contribution in [3.05, 3.63) is 80.5 Å². The zero-order chi connectivity index (χ0) is 22.9. The number of nitrogens with one attached hydrogen (secondary N) is 1. The fraction of sp³-hybridized carbons (Fsp3) is 0.269. The molecule has 0 unspecified atom stereocenters. The van der Waals surface area contributed by atoms with Crippen molar-refractivity contribution in [2.45, 2.75) is 32.6 Å². The zero-order valence-electron chi connectivity index (χ0n) is 19.1. The predicted molar refractivity (Wildman–Crippen MR) is 139 cm³/mol. The molecule has 0 saturated carbocycles. The van der Waals surface area contributed by atoms with E-state index in [2.05, 4.69) is 15.4 Å². The number of aryl methyl sites for hydroxylation is 3. The van der Waals surface area contributed by atoms with Crippen LogP contribution in [0.2, 0.25) is 0 Å². The Morgan fingerprint density at radius 2 is 1.79 bits per heavy atom. The Morgan fingerprint density at radius 3 is 2.52 bits per heavy atom. The molecule has 2 heterocycles. The SMILES string of the molecule is Cc1ccc(-n2c(N/N=C\c3ccc(N(C)C)cc3)nc3sc4c(c3c2=O)CCCC4)cc1. The summed E-state index contributed by atoms with van der Waals surface area (Å²) in [6, 6.07) is 16.0. The smallest absolute Gasteiger partial charge is 0.268 e. The van der Waals surface area contributed by atoms with E-state index in [9.17, 15) is 4.79 Å². The number of hydrazone groups is 1. The van der Waals surface area contributed by atoms with Crippen LogP contribution in [-0.4, -0.2) is 29.9 Å². The second kappa shape index (κ2) is 8.83. The van der Waals surface area contributed by atoms with E-state index in [1.165, 1.54) is 16.9 Å². The molecule has 0 aliphatic heterocycles. The third kappa shape index (κ3) is 4.16. The van der Waals surface area contributed by atoms with Crippen molar-refractivity contribution >= 4 is 39.4 Å². The van der Waals surface area contributed by atoms with Gasteiger partial charge in [0, 0.05) is 24.7 Å². The first kappa shape index (κ1) is 21.4. The van der Waals surface area contributed by atoms with Crippen LogP contribution in [0.1, 0.15) is 34.4 Å². The Balaban J connectivity index is 1.57. The number of hydrogen-bond acceptors (Lipinski definition) is 6. The van der Waals surface area contributed by atoms with Crippen LogP contribution in [0.3, 0.4) is 0 Å². The molecule has 0 bridgehead atoms. The molecule has 6 nitrogen and oxygen atoms in total. The fourth-order valence-electron chi connectivity index (χ4n) is 4.24. The molecule has 1 N–H and O–H groups in total. The molecular weight excluding hydrogens is 430 g/mol. The molecule has 2 aromatic heterocycles. The van der Waals surface area contributed by atoms with Crippen molar-refractivity contribution < 1.29 is 0 Å². The number of aromatic nitrogens is 2. The maximum Gasteiger partial charge on any atom is 0.268 e. The van der Waals surface area contributed by atoms with Crippen LogP contribution in [0.4, 0.5) is 11.6 Å². The van der Waals surface area contributed by atoms with Gasteiger partial charge in [0.05, 0.1) is 17.3 Å². The molecular formula is C26H27N5OS. The summed E-state index contributed by atoms with van der Waals surface area (Å²) in [6.45, 7) is 2.04. The molecule has 0 radical (unpaired) electrons. The van der Waals surface area contributed by atoms with Crippen LogP contribution in [0.15, 0.2) is 58.4 Å². The third-order valence-electron chi connectivity index (χ3n) is 6.07. The van der Waals surface area contributed by atoms with Gasteiger partial charge in [-0.25, -0.2) is 15.0 Å². The Bertz CT molecular complexity index is 1380. The molecule has 168 valence electrons. The summed E-state index contributed by atoms with van der Waals surface area (Å²) in [5, 5.41) is 5.18. The van der Waals surface area contributed by atoms with Gasteiger partial charge >= 0.3 is 0 Å². The van der Waals surface area contributed by atoms with Crippen molar-refractivity contribution in [2.24, 2.45) is 5.10 Å². The number of thiophene rings is 1. The Kier molecular flexibility index (Phi) is 5.72. The molecule has 33 heavy (non-hydrogen) atoms. The van der Waals surface area contributed by atoms with E-state index in [4.69, 9.17) is 4.98 Å². The van der Waals surface area contributed by atoms with Gasteiger partial charge in [-0.1, -0.05) is 29.8 Å². The van der Waals surface area contributed by atoms with Gasteiger partial charge in [-0.15, -0.1) is 11.3 Å². The van der Waals surface area contributed by atoms with E-state index in [1.54, 1.807) is 22.1 Å². The quantitative estimate of drug-likeness (QED) is 0.333. The lowest BCUT2D eigenvalue weighted by molar-refractivity contribution is 0.699. The Labute approximate surface area is 197 Å². The van der Waals surface area contributed by atoms with Gasteiger partial charge in [0.15, 0.2) is 0 Å². The summed E-state index contributed by atoms with van der Waals surface area (Å²) in [5.74, 6) is 0.427. The van der Waals surface area contributed by atoms with Gasteiger partial charge in [0.1, 0.15) is 4.83 Å². The molecule has 0 saturated heterocycles. The maximum absolute atomic E-state index is 13.7. The largest absolute Gasteiger partial charge is 0.378 e. The summed E-state index contributed by atoms with van der Waals surface area (Å²) in [5.41, 5.74) is 8.21. The molecule has 0 fully saturated rings. The summed E-state index contributed by atoms with van der Waals surface area (Å²) in [4.78, 5) is 22.7. The van der Waals surface area contributed by atoms with E-state index in [0.717, 1.165) is 52.0 Å². The highest BCUT2D eigenvalue weighted by Gasteiger charge is 2.22. The monoisotopic (exact) mass is 457 g/mol. The second-order valence-corrected chi connectivity index (χ2v) is 9.74. The summed E-state index contributed by atoms with van der Waals surface area (Å²) in [6.07, 6.45) is 6.03. The van der Waals surface area contributed by atoms with Gasteiger partial charge in [-0.2, -0.15) is 5.10 Å². The Hall–Kier alpha value is -3.45. The number of fused-ring (bicyclic) bond motifs is 3. The average Bonchev–Trinajstić information content (AvgIpc) is 3.19. The first-order valence-corrected chi connectivity index (χ1v) is 12.0. The van der Waals surface area contributed by atoms with Crippen LogP contribution >= 0.6 is 11.3 Å². The van der Waals surface area contributed by atoms with Crippen molar-refractivity contribution in [1.29, 1.82) is 0 Å². The molecule has 0 amide bonds. The van der Waals surface area contributed by atoms with E-state index in [0.29, 0.717) is 5.95 Å². The average molecular weight is 458 g/mol. The van der Waals surface area contributed by atoms with Crippen LogP contribution in [-0.2, 0) is 12.8 Å². The highest BCUT2D eigenvalue weighted by atomic mass is 32.1. The van der Waals surface area contributed by atoms with Crippen molar-refractivity contribution in [3.8, 4) is 5.69 Å². The van der Waals surface area contributed by atoms with Crippen molar-refractivity contribution in [2.75, 3.05) is 24.4 Å². The highest BCUT2D eigenvalue weighted by molar-refractivity contribution is 7.18. The molecule has 5 rings (SSSR count). The normalized spacial score (nSPS) is 13.4. The molecule has 0 atom stereocenters. The van der Waals surface area contributed by atoms with Crippen LogP contribution in [0.25, 0.3) is 15.9 Å². The lowest BCUT2D eigenvalue weighted by Gasteiger charge is -2.13. The highest BCUT2D eigenvalue weighted by Crippen LogP contribution is 2.34. The standard InChI is InChI=1S/C26H27N5OS/c1-17-8-12-20(13-9-17)31-25(32)23-21-6-4-5-7-22(21)33-24(23)28-26(31)29-27-16-18-10-14-19(15-11-18)30(2)3/h8-16H,4-7H2,1-3H3,(H,28,29)/b27-16-. The minimum absolute atomic E-state index is 0.0312. The molecule has 1 aliphatic rings. The number of rotatable bonds is 5. The summed E-state index contributed by atoms with van der Waals surface area (Å²) < 4.78 is 1.65. The van der Waals surface area contributed by atoms with Gasteiger partial charge in [-0.05, 0) is 68.0 Å². The molecule has 2 aromatic carbocycles. The second-order valence-electron chi connectivity index (χ2n) is 8.66. The zero-order valence-corrected chi connectivity index (χ0v) is 19.9. The lowest BCUT2D eigenvalue weighted by Crippen LogP contribution is -2.23. The van der Waals surface area contributed by atoms with E-state index < -0.39 is 0 Å². The lowest BCUT2D eigenvalue weighted by atomic mass is 9.97. The summed E-state index contributed by atoms with van der Waals surface area (Å²) in [7, 11) is 4.03. The predicted octanol–water partition coefficient (Wildman–Crippen LogP) is 5.15. The summed E-state index contributed by atoms with van der Waals surface area (Å²) >= 11 is 1.65. The van der Waals surface area contributed by atoms with Crippen molar-refractivity contribution in [1.82, 2.24) is 9.55 Å². The number of anilines is 2. The Morgan fingerprint density at radius 1 is 1.06 bits per heavy atom. The topological polar surface area (TPSA) is 62.5 Å². The van der Waals surface area contributed by atoms with Crippen LogP contribution < -0.4 is 15.9 Å². The van der Waals surface area contributed by atoms with Crippen molar-refractivity contribution in [3.63, 3.8) is 0 Å². The molecule has 7 heteroatoms. The van der Waals surface area contributed by atoms with Gasteiger partial charge < -0.3 is 4.90 Å². The van der Waals surface area contributed by atoms with Crippen LogP contribution in [0, 0.1) is 6.92 Å². The minimum atomic E-state index is -0.0312. The maximum atomic E-state index is 13.7. The molecule has 1 aliphatic carbocycles. The molecule has 4 aromatic rings. The fourth-order valence-corrected chi connectivity index (χ4v) is 5.49. The number of nitrogens with zero attached hydrogens (tertiary/aromatic N) is 4. The number of hydrogen-bond donors (Lipinski definition) is 1. The van der Waals surface area contributed by atoms with Crippen LogP contribution in [0.5, 0.6) is 0 Å². The van der Waals surface area contributed by atoms with E-state index >= 15 is 0 Å². The molecule has 0 spiro atoms. The van der Waals surface area contributed by atoms with E-state index in [-0.39, 0.29) is 5.56 Å². The number of benzene rings is 2. The van der Waals surface area contributed by atoms with Gasteiger partial charge in [0.25, 0.3) is 5.56 Å². The van der Waals surface area contributed by atoms with E-state index in [1.807, 2.05) is 69.6 Å². The van der Waals surface area contributed by atoms with Gasteiger partial charge in [0.2, 0.25) is 5.95 Å². The van der Waals surface area contributed by atoms with Gasteiger partial charge in [-0.3, -0.25) is 4.79 Å². The minimum Gasteiger partial charge on any atom is -0.378 e. The first-order valence-electron chi connectivity index (χ1n) is 11.2. The third-order valence-corrected chi connectivity index (χ3v) is 7.25. The first-order chi connectivity index (χ1) is 16.0.